The van der Waals surface area contributed by atoms with Gasteiger partial charge in [-0.1, -0.05) is 0 Å². The van der Waals surface area contributed by atoms with Gasteiger partial charge in [-0.2, -0.15) is 0 Å². The van der Waals surface area contributed by atoms with Crippen molar-refractivity contribution >= 4 is 5.91 Å². The van der Waals surface area contributed by atoms with Gasteiger partial charge in [0.15, 0.2) is 0 Å². The second-order valence-corrected chi connectivity index (χ2v) is 4.04. The zero-order valence-corrected chi connectivity index (χ0v) is 10.2. The van der Waals surface area contributed by atoms with Crippen LogP contribution in [0.5, 0.6) is 0 Å². The standard InChI is InChI=1S/C12H20N2O2/c1-4-14-8-5-6-11(14)12(16)13(3)9-7-10(2)15/h5-6,8,10,15H,4,7,9H2,1-3H3. The lowest BCUT2D eigenvalue weighted by molar-refractivity contribution is 0.0758. The van der Waals surface area contributed by atoms with E-state index in [4.69, 9.17) is 0 Å². The number of aromatic nitrogens is 1. The van der Waals surface area contributed by atoms with Crippen molar-refractivity contribution in [3.05, 3.63) is 24.0 Å². The van der Waals surface area contributed by atoms with Gasteiger partial charge < -0.3 is 14.6 Å². The smallest absolute Gasteiger partial charge is 0.270 e. The topological polar surface area (TPSA) is 45.5 Å². The molecule has 0 radical (unpaired) electrons. The van der Waals surface area contributed by atoms with Gasteiger partial charge in [-0.15, -0.1) is 0 Å². The van der Waals surface area contributed by atoms with E-state index in [1.54, 1.807) is 18.9 Å². The Bertz CT molecular complexity index is 345. The van der Waals surface area contributed by atoms with E-state index >= 15 is 0 Å². The number of carbonyl (C=O) groups is 1. The minimum Gasteiger partial charge on any atom is -0.393 e. The first kappa shape index (κ1) is 12.8. The normalized spacial score (nSPS) is 12.5. The SMILES string of the molecule is CCn1cccc1C(=O)N(C)CCC(C)O. The van der Waals surface area contributed by atoms with Crippen LogP contribution in [0.15, 0.2) is 18.3 Å². The van der Waals surface area contributed by atoms with E-state index in [1.807, 2.05) is 29.8 Å². The largest absolute Gasteiger partial charge is 0.393 e. The number of amides is 1. The molecule has 0 saturated heterocycles. The zero-order chi connectivity index (χ0) is 12.1. The van der Waals surface area contributed by atoms with Crippen molar-refractivity contribution in [3.8, 4) is 0 Å². The van der Waals surface area contributed by atoms with E-state index in [9.17, 15) is 9.90 Å². The van der Waals surface area contributed by atoms with Crippen molar-refractivity contribution in [2.75, 3.05) is 13.6 Å². The van der Waals surface area contributed by atoms with Gasteiger partial charge in [-0.3, -0.25) is 4.79 Å². The average molecular weight is 224 g/mol. The second-order valence-electron chi connectivity index (χ2n) is 4.04. The van der Waals surface area contributed by atoms with Crippen LogP contribution in [0.3, 0.4) is 0 Å². The molecule has 1 unspecified atom stereocenters. The highest BCUT2D eigenvalue weighted by atomic mass is 16.3. The lowest BCUT2D eigenvalue weighted by atomic mass is 10.2. The molecule has 0 fully saturated rings. The first-order valence-electron chi connectivity index (χ1n) is 5.65. The Kier molecular flexibility index (Phi) is 4.55. The van der Waals surface area contributed by atoms with E-state index in [1.165, 1.54) is 0 Å². The van der Waals surface area contributed by atoms with Gasteiger partial charge in [0.25, 0.3) is 5.91 Å². The van der Waals surface area contributed by atoms with Crippen LogP contribution in [0.1, 0.15) is 30.8 Å². The minimum atomic E-state index is -0.367. The molecule has 1 atom stereocenters. The molecule has 0 aliphatic carbocycles. The van der Waals surface area contributed by atoms with Crippen LogP contribution in [0.25, 0.3) is 0 Å². The summed E-state index contributed by atoms with van der Waals surface area (Å²) in [5.74, 6) is 0.00694. The van der Waals surface area contributed by atoms with Crippen molar-refractivity contribution < 1.29 is 9.90 Å². The van der Waals surface area contributed by atoms with Crippen LogP contribution < -0.4 is 0 Å². The number of aliphatic hydroxyl groups excluding tert-OH is 1. The number of hydrogen-bond acceptors (Lipinski definition) is 2. The Morgan fingerprint density at radius 2 is 2.31 bits per heavy atom. The number of nitrogens with zero attached hydrogens (tertiary/aromatic N) is 2. The lowest BCUT2D eigenvalue weighted by Crippen LogP contribution is -2.30. The first-order valence-corrected chi connectivity index (χ1v) is 5.65. The summed E-state index contributed by atoms with van der Waals surface area (Å²) in [5, 5.41) is 9.17. The number of carbonyl (C=O) groups excluding carboxylic acids is 1. The fourth-order valence-electron chi connectivity index (χ4n) is 1.56. The molecular weight excluding hydrogens is 204 g/mol. The fraction of sp³-hybridized carbons (Fsp3) is 0.583. The highest BCUT2D eigenvalue weighted by Crippen LogP contribution is 2.06. The third-order valence-corrected chi connectivity index (χ3v) is 2.62. The Balaban J connectivity index is 2.63. The van der Waals surface area contributed by atoms with Gasteiger partial charge in [-0.05, 0) is 32.4 Å². The van der Waals surface area contributed by atoms with Crippen molar-refractivity contribution in [3.63, 3.8) is 0 Å². The van der Waals surface area contributed by atoms with Gasteiger partial charge in [0.2, 0.25) is 0 Å². The Morgan fingerprint density at radius 1 is 1.62 bits per heavy atom. The first-order chi connectivity index (χ1) is 7.56. The molecule has 0 saturated carbocycles. The summed E-state index contributed by atoms with van der Waals surface area (Å²) < 4.78 is 1.92. The van der Waals surface area contributed by atoms with E-state index < -0.39 is 0 Å². The van der Waals surface area contributed by atoms with Crippen LogP contribution in [-0.2, 0) is 6.54 Å². The predicted molar refractivity (Wildman–Crippen MR) is 63.4 cm³/mol. The summed E-state index contributed by atoms with van der Waals surface area (Å²) in [5.41, 5.74) is 0.704. The third kappa shape index (κ3) is 3.10. The van der Waals surface area contributed by atoms with Crippen LogP contribution >= 0.6 is 0 Å². The molecule has 16 heavy (non-hydrogen) atoms. The number of hydrogen-bond donors (Lipinski definition) is 1. The van der Waals surface area contributed by atoms with Crippen molar-refractivity contribution in [1.82, 2.24) is 9.47 Å². The van der Waals surface area contributed by atoms with Gasteiger partial charge in [0.1, 0.15) is 5.69 Å². The minimum absolute atomic E-state index is 0.00694. The van der Waals surface area contributed by atoms with E-state index in [0.29, 0.717) is 18.7 Å². The number of rotatable bonds is 5. The molecule has 4 nitrogen and oxygen atoms in total. The molecule has 1 N–H and O–H groups in total. The molecule has 0 aliphatic heterocycles. The number of aliphatic hydroxyl groups is 1. The maximum Gasteiger partial charge on any atom is 0.270 e. The summed E-state index contributed by atoms with van der Waals surface area (Å²) in [6.07, 6.45) is 2.14. The molecule has 0 spiro atoms. The van der Waals surface area contributed by atoms with E-state index in [-0.39, 0.29) is 12.0 Å². The number of aryl methyl sites for hydroxylation is 1. The molecule has 0 aromatic carbocycles. The summed E-state index contributed by atoms with van der Waals surface area (Å²) in [6, 6.07) is 3.70. The van der Waals surface area contributed by atoms with Gasteiger partial charge in [0.05, 0.1) is 6.10 Å². The molecule has 1 heterocycles. The van der Waals surface area contributed by atoms with Gasteiger partial charge >= 0.3 is 0 Å². The fourth-order valence-corrected chi connectivity index (χ4v) is 1.56. The molecule has 1 aromatic rings. The summed E-state index contributed by atoms with van der Waals surface area (Å²) in [6.45, 7) is 5.10. The summed E-state index contributed by atoms with van der Waals surface area (Å²) >= 11 is 0. The van der Waals surface area contributed by atoms with Crippen LogP contribution in [0.4, 0.5) is 0 Å². The Morgan fingerprint density at radius 3 is 2.88 bits per heavy atom. The molecule has 1 aromatic heterocycles. The summed E-state index contributed by atoms with van der Waals surface area (Å²) in [7, 11) is 1.76. The monoisotopic (exact) mass is 224 g/mol. The van der Waals surface area contributed by atoms with Crippen LogP contribution in [0, 0.1) is 0 Å². The molecule has 4 heteroatoms. The third-order valence-electron chi connectivity index (χ3n) is 2.62. The Hall–Kier alpha value is -1.29. The van der Waals surface area contributed by atoms with Crippen LogP contribution in [-0.4, -0.2) is 40.2 Å². The van der Waals surface area contributed by atoms with E-state index in [0.717, 1.165) is 6.54 Å². The quantitative estimate of drug-likeness (QED) is 0.820. The average Bonchev–Trinajstić information content (AvgIpc) is 2.72. The van der Waals surface area contributed by atoms with Crippen LogP contribution in [0.2, 0.25) is 0 Å². The molecule has 1 rings (SSSR count). The second kappa shape index (κ2) is 5.70. The lowest BCUT2D eigenvalue weighted by Gasteiger charge is -2.18. The molecule has 0 bridgehead atoms. The van der Waals surface area contributed by atoms with Gasteiger partial charge in [0, 0.05) is 26.3 Å². The van der Waals surface area contributed by atoms with Crippen molar-refractivity contribution in [1.29, 1.82) is 0 Å². The predicted octanol–water partition coefficient (Wildman–Crippen LogP) is 1.35. The maximum atomic E-state index is 12.0. The highest BCUT2D eigenvalue weighted by molar-refractivity contribution is 5.92. The van der Waals surface area contributed by atoms with Gasteiger partial charge in [-0.25, -0.2) is 0 Å². The summed E-state index contributed by atoms with van der Waals surface area (Å²) in [4.78, 5) is 13.7. The van der Waals surface area contributed by atoms with E-state index in [2.05, 4.69) is 0 Å². The maximum absolute atomic E-state index is 12.0. The molecular formula is C12H20N2O2. The Labute approximate surface area is 96.5 Å². The molecule has 1 amide bonds. The zero-order valence-electron chi connectivity index (χ0n) is 10.2. The highest BCUT2D eigenvalue weighted by Gasteiger charge is 2.14. The van der Waals surface area contributed by atoms with Crippen molar-refractivity contribution in [2.45, 2.75) is 32.9 Å². The molecule has 90 valence electrons. The molecule has 0 aliphatic rings. The van der Waals surface area contributed by atoms with Crippen molar-refractivity contribution in [2.24, 2.45) is 0 Å².